The van der Waals surface area contributed by atoms with Crippen LogP contribution in [-0.4, -0.2) is 39.0 Å². The molecule has 1 aromatic carbocycles. The second kappa shape index (κ2) is 5.06. The lowest BCUT2D eigenvalue weighted by Crippen LogP contribution is -2.31. The predicted octanol–water partition coefficient (Wildman–Crippen LogP) is 1.61. The number of rotatable bonds is 5. The van der Waals surface area contributed by atoms with Gasteiger partial charge in [0.2, 0.25) is 10.0 Å². The lowest BCUT2D eigenvalue weighted by atomic mass is 10.2. The first-order chi connectivity index (χ1) is 7.97. The van der Waals surface area contributed by atoms with Crippen LogP contribution in [0.3, 0.4) is 0 Å². The zero-order chi connectivity index (χ0) is 12.5. The molecule has 1 atom stereocenters. The highest BCUT2D eigenvalue weighted by Crippen LogP contribution is 2.17. The predicted molar refractivity (Wildman–Crippen MR) is 69.1 cm³/mol. The quantitative estimate of drug-likeness (QED) is 0.775. The molecule has 1 aliphatic heterocycles. The van der Waals surface area contributed by atoms with Crippen molar-refractivity contribution in [3.8, 4) is 0 Å². The first kappa shape index (κ1) is 13.0. The van der Waals surface area contributed by atoms with E-state index in [0.29, 0.717) is 13.2 Å². The van der Waals surface area contributed by atoms with Gasteiger partial charge in [-0.2, -0.15) is 0 Å². The Kier molecular flexibility index (Phi) is 3.87. The number of benzene rings is 1. The maximum atomic E-state index is 12.0. The number of sulfonamides is 1. The van der Waals surface area contributed by atoms with Gasteiger partial charge in [-0.25, -0.2) is 12.7 Å². The Bertz CT molecular complexity index is 499. The van der Waals surface area contributed by atoms with E-state index in [0.717, 1.165) is 10.0 Å². The largest absolute Gasteiger partial charge is 0.372 e. The lowest BCUT2D eigenvalue weighted by Gasteiger charge is -2.15. The molecule has 17 heavy (non-hydrogen) atoms. The Morgan fingerprint density at radius 2 is 2.24 bits per heavy atom. The molecule has 0 bridgehead atoms. The van der Waals surface area contributed by atoms with Crippen LogP contribution in [0.4, 0.5) is 0 Å². The van der Waals surface area contributed by atoms with Crippen molar-refractivity contribution in [2.45, 2.75) is 11.9 Å². The van der Waals surface area contributed by atoms with Gasteiger partial charge in [0.1, 0.15) is 0 Å². The Hall–Kier alpha value is -0.430. The van der Waals surface area contributed by atoms with Gasteiger partial charge in [0, 0.05) is 18.1 Å². The Labute approximate surface area is 110 Å². The molecule has 1 saturated heterocycles. The van der Waals surface area contributed by atoms with Gasteiger partial charge in [0.05, 0.1) is 18.5 Å². The Balaban J connectivity index is 2.05. The normalized spacial score (nSPS) is 19.6. The van der Waals surface area contributed by atoms with E-state index in [4.69, 9.17) is 4.74 Å². The third kappa shape index (κ3) is 3.77. The minimum atomic E-state index is -3.25. The summed E-state index contributed by atoms with van der Waals surface area (Å²) < 4.78 is 31.3. The molecule has 0 aromatic heterocycles. The minimum absolute atomic E-state index is 0.0235. The number of hydrogen-bond acceptors (Lipinski definition) is 3. The number of ether oxygens (including phenoxy) is 1. The van der Waals surface area contributed by atoms with Crippen LogP contribution in [0.25, 0.3) is 0 Å². The van der Waals surface area contributed by atoms with Crippen molar-refractivity contribution in [2.24, 2.45) is 0 Å². The van der Waals surface area contributed by atoms with E-state index in [2.05, 4.69) is 15.9 Å². The molecule has 94 valence electrons. The van der Waals surface area contributed by atoms with Gasteiger partial charge in [-0.1, -0.05) is 28.1 Å². The number of likely N-dealkylation sites (N-methyl/N-ethyl adjacent to an activating group) is 1. The molecule has 4 nitrogen and oxygen atoms in total. The maximum Gasteiger partial charge on any atom is 0.218 e. The van der Waals surface area contributed by atoms with Crippen molar-refractivity contribution in [3.05, 3.63) is 34.3 Å². The lowest BCUT2D eigenvalue weighted by molar-refractivity contribution is 0.359. The molecule has 0 amide bonds. The van der Waals surface area contributed by atoms with Gasteiger partial charge < -0.3 is 4.74 Å². The average molecular weight is 320 g/mol. The van der Waals surface area contributed by atoms with Gasteiger partial charge in [-0.15, -0.1) is 0 Å². The van der Waals surface area contributed by atoms with E-state index in [1.165, 1.54) is 4.31 Å². The van der Waals surface area contributed by atoms with Crippen LogP contribution in [0, 0.1) is 0 Å². The van der Waals surface area contributed by atoms with Crippen molar-refractivity contribution in [1.82, 2.24) is 4.31 Å². The number of hydrogen-bond donors (Lipinski definition) is 0. The van der Waals surface area contributed by atoms with Crippen molar-refractivity contribution in [1.29, 1.82) is 0 Å². The number of epoxide rings is 1. The van der Waals surface area contributed by atoms with Crippen LogP contribution >= 0.6 is 15.9 Å². The van der Waals surface area contributed by atoms with E-state index >= 15 is 0 Å². The molecule has 1 unspecified atom stereocenters. The molecule has 1 fully saturated rings. The highest BCUT2D eigenvalue weighted by atomic mass is 79.9. The number of halogens is 1. The van der Waals surface area contributed by atoms with Gasteiger partial charge in [-0.3, -0.25) is 0 Å². The van der Waals surface area contributed by atoms with Gasteiger partial charge in [0.15, 0.2) is 0 Å². The van der Waals surface area contributed by atoms with E-state index in [-0.39, 0.29) is 11.9 Å². The van der Waals surface area contributed by atoms with Crippen molar-refractivity contribution < 1.29 is 13.2 Å². The molecule has 2 rings (SSSR count). The van der Waals surface area contributed by atoms with Gasteiger partial charge in [0.25, 0.3) is 0 Å². The molecule has 1 aromatic rings. The molecular formula is C11H14BrNO3S. The second-order valence-corrected chi connectivity index (χ2v) is 7.11. The fourth-order valence-corrected chi connectivity index (χ4v) is 3.18. The number of nitrogens with zero attached hydrogens (tertiary/aromatic N) is 1. The van der Waals surface area contributed by atoms with Crippen molar-refractivity contribution >= 4 is 26.0 Å². The molecular weight excluding hydrogens is 306 g/mol. The summed E-state index contributed by atoms with van der Waals surface area (Å²) in [6, 6.07) is 7.33. The summed E-state index contributed by atoms with van der Waals surface area (Å²) in [5, 5.41) is 0. The standard InChI is InChI=1S/C11H14BrNO3S/c1-13(6-11-7-16-11)17(14,15)8-9-3-2-4-10(12)5-9/h2-5,11H,6-8H2,1H3. The zero-order valence-corrected chi connectivity index (χ0v) is 11.9. The van der Waals surface area contributed by atoms with Crippen molar-refractivity contribution in [2.75, 3.05) is 20.2 Å². The topological polar surface area (TPSA) is 49.9 Å². The second-order valence-electron chi connectivity index (χ2n) is 4.12. The van der Waals surface area contributed by atoms with E-state index in [9.17, 15) is 8.42 Å². The summed E-state index contributed by atoms with van der Waals surface area (Å²) in [6.45, 7) is 1.10. The van der Waals surface area contributed by atoms with Gasteiger partial charge >= 0.3 is 0 Å². The fourth-order valence-electron chi connectivity index (χ4n) is 1.52. The smallest absolute Gasteiger partial charge is 0.218 e. The van der Waals surface area contributed by atoms with Crippen LogP contribution in [0.1, 0.15) is 5.56 Å². The van der Waals surface area contributed by atoms with Crippen LogP contribution < -0.4 is 0 Å². The Morgan fingerprint density at radius 1 is 1.53 bits per heavy atom. The molecule has 0 radical (unpaired) electrons. The molecule has 0 saturated carbocycles. The van der Waals surface area contributed by atoms with E-state index < -0.39 is 10.0 Å². The third-order valence-corrected chi connectivity index (χ3v) is 4.87. The summed E-state index contributed by atoms with van der Waals surface area (Å²) in [5.74, 6) is 0.0235. The molecule has 6 heteroatoms. The summed E-state index contributed by atoms with van der Waals surface area (Å²) >= 11 is 3.33. The van der Waals surface area contributed by atoms with Crippen molar-refractivity contribution in [3.63, 3.8) is 0 Å². The molecule has 1 heterocycles. The zero-order valence-electron chi connectivity index (χ0n) is 9.47. The SMILES string of the molecule is CN(CC1CO1)S(=O)(=O)Cc1cccc(Br)c1. The summed E-state index contributed by atoms with van der Waals surface area (Å²) in [7, 11) is -1.66. The third-order valence-electron chi connectivity index (χ3n) is 2.58. The minimum Gasteiger partial charge on any atom is -0.372 e. The summed E-state index contributed by atoms with van der Waals surface area (Å²) in [6.07, 6.45) is 0.0808. The van der Waals surface area contributed by atoms with Gasteiger partial charge in [-0.05, 0) is 17.7 Å². The van der Waals surface area contributed by atoms with Crippen LogP contribution in [0.5, 0.6) is 0 Å². The van der Waals surface area contributed by atoms with Crippen LogP contribution in [-0.2, 0) is 20.5 Å². The van der Waals surface area contributed by atoms with E-state index in [1.54, 1.807) is 7.05 Å². The molecule has 0 N–H and O–H groups in total. The fraction of sp³-hybridized carbons (Fsp3) is 0.455. The summed E-state index contributed by atoms with van der Waals surface area (Å²) in [4.78, 5) is 0. The Morgan fingerprint density at radius 3 is 2.82 bits per heavy atom. The summed E-state index contributed by atoms with van der Waals surface area (Å²) in [5.41, 5.74) is 0.781. The van der Waals surface area contributed by atoms with E-state index in [1.807, 2.05) is 24.3 Å². The monoisotopic (exact) mass is 319 g/mol. The molecule has 0 aliphatic carbocycles. The first-order valence-electron chi connectivity index (χ1n) is 5.27. The maximum absolute atomic E-state index is 12.0. The first-order valence-corrected chi connectivity index (χ1v) is 7.67. The molecule has 1 aliphatic rings. The highest BCUT2D eigenvalue weighted by molar-refractivity contribution is 9.10. The molecule has 0 spiro atoms. The highest BCUT2D eigenvalue weighted by Gasteiger charge is 2.29. The van der Waals surface area contributed by atoms with Crippen LogP contribution in [0.15, 0.2) is 28.7 Å². The average Bonchev–Trinajstić information content (AvgIpc) is 3.00. The van der Waals surface area contributed by atoms with Crippen LogP contribution in [0.2, 0.25) is 0 Å².